The van der Waals surface area contributed by atoms with Gasteiger partial charge in [0.15, 0.2) is 0 Å². The molecule has 4 heteroatoms. The minimum Gasteiger partial charge on any atom is -0.393 e. The molecule has 3 rings (SSSR count). The van der Waals surface area contributed by atoms with Crippen molar-refractivity contribution in [2.45, 2.75) is 44.2 Å². The van der Waals surface area contributed by atoms with Crippen LogP contribution in [0.5, 0.6) is 0 Å². The van der Waals surface area contributed by atoms with Gasteiger partial charge in [0.1, 0.15) is 0 Å². The minimum atomic E-state index is -0.332. The predicted octanol–water partition coefficient (Wildman–Crippen LogP) is 4.51. The van der Waals surface area contributed by atoms with Crippen molar-refractivity contribution in [3.8, 4) is 0 Å². The molecule has 1 aliphatic carbocycles. The van der Waals surface area contributed by atoms with Crippen LogP contribution in [0.1, 0.15) is 49.3 Å². The zero-order valence-corrected chi connectivity index (χ0v) is 13.8. The van der Waals surface area contributed by atoms with Gasteiger partial charge in [-0.05, 0) is 37.2 Å². The van der Waals surface area contributed by atoms with E-state index in [1.54, 1.807) is 7.05 Å². The second-order valence-electron chi connectivity index (χ2n) is 6.57. The van der Waals surface area contributed by atoms with Crippen molar-refractivity contribution >= 4 is 5.70 Å². The number of allylic oxidation sites excluding steroid dienone is 1. The lowest BCUT2D eigenvalue weighted by Crippen LogP contribution is -2.28. The molecule has 0 aromatic heterocycles. The number of rotatable bonds is 4. The van der Waals surface area contributed by atoms with E-state index in [1.165, 1.54) is 11.1 Å². The number of hydrogen-bond donors (Lipinski definition) is 1. The highest BCUT2D eigenvalue weighted by Crippen LogP contribution is 2.44. The maximum Gasteiger partial charge on any atom is 0.0823 e. The first kappa shape index (κ1) is 15.9. The summed E-state index contributed by atoms with van der Waals surface area (Å²) in [6.07, 6.45) is 4.46. The maximum absolute atomic E-state index is 10.8. The van der Waals surface area contributed by atoms with Gasteiger partial charge in [0.05, 0.1) is 24.9 Å². The number of hydrogen-bond acceptors (Lipinski definition) is 3. The third kappa shape index (κ3) is 3.08. The van der Waals surface area contributed by atoms with E-state index in [0.29, 0.717) is 12.3 Å². The molecule has 1 aliphatic heterocycles. The summed E-state index contributed by atoms with van der Waals surface area (Å²) in [6, 6.07) is 8.22. The van der Waals surface area contributed by atoms with Crippen molar-refractivity contribution in [3.05, 3.63) is 54.1 Å². The summed E-state index contributed by atoms with van der Waals surface area (Å²) < 4.78 is 0. The number of nitrogens with zero attached hydrogens (tertiary/aromatic N) is 3. The van der Waals surface area contributed by atoms with Crippen molar-refractivity contribution in [2.75, 3.05) is 7.05 Å². The SMILES string of the molecule is C=C1CCC(C(O)CC2c3ccccc3C(=C)N2N=NC)CC1. The van der Waals surface area contributed by atoms with Crippen LogP contribution in [-0.4, -0.2) is 23.3 Å². The van der Waals surface area contributed by atoms with E-state index in [1.807, 2.05) is 17.1 Å². The molecule has 0 bridgehead atoms. The lowest BCUT2D eigenvalue weighted by Gasteiger charge is -2.31. The number of fused-ring (bicyclic) bond motifs is 1. The molecule has 4 nitrogen and oxygen atoms in total. The Bertz CT molecular complexity index is 627. The Hall–Kier alpha value is -1.94. The van der Waals surface area contributed by atoms with Gasteiger partial charge < -0.3 is 5.11 Å². The van der Waals surface area contributed by atoms with E-state index in [0.717, 1.165) is 36.9 Å². The van der Waals surface area contributed by atoms with Gasteiger partial charge >= 0.3 is 0 Å². The molecule has 1 saturated carbocycles. The molecule has 0 amide bonds. The Balaban J connectivity index is 1.79. The first-order valence-electron chi connectivity index (χ1n) is 8.33. The molecular weight excluding hydrogens is 286 g/mol. The highest BCUT2D eigenvalue weighted by atomic mass is 16.3. The van der Waals surface area contributed by atoms with Gasteiger partial charge in [-0.3, -0.25) is 0 Å². The monoisotopic (exact) mass is 311 g/mol. The fourth-order valence-electron chi connectivity index (χ4n) is 3.79. The van der Waals surface area contributed by atoms with Gasteiger partial charge in [0.25, 0.3) is 0 Å². The van der Waals surface area contributed by atoms with Gasteiger partial charge in [-0.15, -0.1) is 0 Å². The van der Waals surface area contributed by atoms with E-state index >= 15 is 0 Å². The average Bonchev–Trinajstić information content (AvgIpc) is 2.82. The van der Waals surface area contributed by atoms with Crippen molar-refractivity contribution < 1.29 is 5.11 Å². The Morgan fingerprint density at radius 3 is 2.65 bits per heavy atom. The number of aliphatic hydroxyl groups is 1. The van der Waals surface area contributed by atoms with E-state index in [4.69, 9.17) is 0 Å². The van der Waals surface area contributed by atoms with Crippen LogP contribution in [0.15, 0.2) is 53.3 Å². The van der Waals surface area contributed by atoms with Gasteiger partial charge in [-0.2, -0.15) is 5.11 Å². The van der Waals surface area contributed by atoms with Gasteiger partial charge in [-0.1, -0.05) is 48.2 Å². The molecule has 2 unspecified atom stereocenters. The lowest BCUT2D eigenvalue weighted by molar-refractivity contribution is 0.0612. The molecule has 0 spiro atoms. The van der Waals surface area contributed by atoms with Crippen molar-refractivity contribution in [1.29, 1.82) is 0 Å². The molecule has 1 aromatic carbocycles. The third-order valence-electron chi connectivity index (χ3n) is 5.13. The molecule has 122 valence electrons. The zero-order valence-electron chi connectivity index (χ0n) is 13.8. The fourth-order valence-corrected chi connectivity index (χ4v) is 3.79. The Kier molecular flexibility index (Phi) is 4.62. The first-order valence-corrected chi connectivity index (χ1v) is 8.33. The van der Waals surface area contributed by atoms with Gasteiger partial charge in [0.2, 0.25) is 0 Å². The van der Waals surface area contributed by atoms with E-state index in [-0.39, 0.29) is 12.1 Å². The van der Waals surface area contributed by atoms with Crippen molar-refractivity contribution in [3.63, 3.8) is 0 Å². The lowest BCUT2D eigenvalue weighted by atomic mass is 9.81. The summed E-state index contributed by atoms with van der Waals surface area (Å²) >= 11 is 0. The van der Waals surface area contributed by atoms with Gasteiger partial charge in [-0.25, -0.2) is 5.01 Å². The Labute approximate surface area is 138 Å². The molecule has 2 aliphatic rings. The summed E-state index contributed by atoms with van der Waals surface area (Å²) in [5.41, 5.74) is 4.47. The summed E-state index contributed by atoms with van der Waals surface area (Å²) in [6.45, 7) is 8.21. The Morgan fingerprint density at radius 1 is 1.26 bits per heavy atom. The summed E-state index contributed by atoms with van der Waals surface area (Å²) in [5, 5.41) is 20.8. The molecule has 1 aromatic rings. The molecule has 0 saturated heterocycles. The van der Waals surface area contributed by atoms with E-state index < -0.39 is 0 Å². The van der Waals surface area contributed by atoms with Crippen LogP contribution in [0.25, 0.3) is 5.70 Å². The summed E-state index contributed by atoms with van der Waals surface area (Å²) in [5.74, 6) is 0.349. The number of benzene rings is 1. The summed E-state index contributed by atoms with van der Waals surface area (Å²) in [4.78, 5) is 0. The molecule has 2 atom stereocenters. The number of aliphatic hydroxyl groups excluding tert-OH is 1. The summed E-state index contributed by atoms with van der Waals surface area (Å²) in [7, 11) is 1.66. The van der Waals surface area contributed by atoms with Crippen LogP contribution in [0.3, 0.4) is 0 Å². The van der Waals surface area contributed by atoms with Crippen molar-refractivity contribution in [2.24, 2.45) is 16.3 Å². The third-order valence-corrected chi connectivity index (χ3v) is 5.13. The van der Waals surface area contributed by atoms with Crippen LogP contribution in [0.4, 0.5) is 0 Å². The zero-order chi connectivity index (χ0) is 16.4. The Morgan fingerprint density at radius 2 is 1.96 bits per heavy atom. The predicted molar refractivity (Wildman–Crippen MR) is 92.6 cm³/mol. The smallest absolute Gasteiger partial charge is 0.0823 e. The first-order chi connectivity index (χ1) is 11.1. The highest BCUT2D eigenvalue weighted by Gasteiger charge is 2.36. The van der Waals surface area contributed by atoms with Crippen LogP contribution in [-0.2, 0) is 0 Å². The van der Waals surface area contributed by atoms with Gasteiger partial charge in [0, 0.05) is 12.0 Å². The molecule has 0 radical (unpaired) electrons. The van der Waals surface area contributed by atoms with E-state index in [2.05, 4.69) is 35.6 Å². The van der Waals surface area contributed by atoms with Crippen LogP contribution in [0.2, 0.25) is 0 Å². The van der Waals surface area contributed by atoms with Crippen LogP contribution >= 0.6 is 0 Å². The minimum absolute atomic E-state index is 0.0162. The van der Waals surface area contributed by atoms with Crippen molar-refractivity contribution in [1.82, 2.24) is 5.01 Å². The molecule has 1 N–H and O–H groups in total. The molecule has 1 heterocycles. The van der Waals surface area contributed by atoms with Crippen LogP contribution < -0.4 is 0 Å². The average molecular weight is 311 g/mol. The molecule has 23 heavy (non-hydrogen) atoms. The van der Waals surface area contributed by atoms with E-state index in [9.17, 15) is 5.11 Å². The topological polar surface area (TPSA) is 48.2 Å². The standard InChI is InChI=1S/C19H25N3O/c1-13-8-10-15(11-9-13)19(23)12-18-17-7-5-4-6-16(17)14(2)22(18)21-20-3/h4-7,15,18-19,23H,1-2,8-12H2,3H3. The molecular formula is C19H25N3O. The highest BCUT2D eigenvalue weighted by molar-refractivity contribution is 5.70. The largest absolute Gasteiger partial charge is 0.393 e. The normalized spacial score (nSPS) is 23.6. The second kappa shape index (κ2) is 6.67. The molecule has 1 fully saturated rings. The fraction of sp³-hybridized carbons (Fsp3) is 0.474. The second-order valence-corrected chi connectivity index (χ2v) is 6.57. The quantitative estimate of drug-likeness (QED) is 0.657. The van der Waals surface area contributed by atoms with Crippen LogP contribution in [0, 0.1) is 5.92 Å². The maximum atomic E-state index is 10.8.